The highest BCUT2D eigenvalue weighted by Gasteiger charge is 2.47. The summed E-state index contributed by atoms with van der Waals surface area (Å²) in [6.45, 7) is 4.35. The Hall–Kier alpha value is -1.93. The summed E-state index contributed by atoms with van der Waals surface area (Å²) in [6, 6.07) is 10.2. The third kappa shape index (κ3) is 3.04. The summed E-state index contributed by atoms with van der Waals surface area (Å²) >= 11 is 4.64. The number of nitrogens with one attached hydrogen (secondary N) is 1. The number of anilines is 1. The summed E-state index contributed by atoms with van der Waals surface area (Å²) in [4.78, 5) is 14.6. The smallest absolute Gasteiger partial charge is 0.266 e. The molecule has 0 saturated heterocycles. The van der Waals surface area contributed by atoms with Crippen LogP contribution < -0.4 is 10.2 Å². The summed E-state index contributed by atoms with van der Waals surface area (Å²) in [6.07, 6.45) is 5.95. The first-order chi connectivity index (χ1) is 12.1. The molecular formula is C20H25N3OS. The number of aryl methyl sites for hydroxylation is 1. The van der Waals surface area contributed by atoms with Gasteiger partial charge in [-0.2, -0.15) is 5.26 Å². The number of hydrogen-bond acceptors (Lipinski definition) is 4. The van der Waals surface area contributed by atoms with Crippen LogP contribution in [0.1, 0.15) is 51.5 Å². The highest BCUT2D eigenvalue weighted by atomic mass is 32.1. The summed E-state index contributed by atoms with van der Waals surface area (Å²) in [7, 11) is 0. The van der Waals surface area contributed by atoms with Crippen molar-refractivity contribution >= 4 is 24.2 Å². The molecule has 0 radical (unpaired) electrons. The number of carbonyl (C=O) groups is 1. The van der Waals surface area contributed by atoms with Crippen LogP contribution in [-0.4, -0.2) is 11.6 Å². The van der Waals surface area contributed by atoms with Gasteiger partial charge in [0.25, 0.3) is 5.91 Å². The second kappa shape index (κ2) is 7.13. The normalized spacial score (nSPS) is 26.6. The third-order valence-corrected chi connectivity index (χ3v) is 6.10. The quantitative estimate of drug-likeness (QED) is 0.801. The third-order valence-electron chi connectivity index (χ3n) is 5.67. The van der Waals surface area contributed by atoms with Crippen LogP contribution in [0.2, 0.25) is 0 Å². The lowest BCUT2D eigenvalue weighted by Gasteiger charge is -2.52. The van der Waals surface area contributed by atoms with Gasteiger partial charge in [0.15, 0.2) is 0 Å². The number of para-hydroxylation sites is 1. The van der Waals surface area contributed by atoms with Crippen molar-refractivity contribution in [2.45, 2.75) is 58.0 Å². The van der Waals surface area contributed by atoms with Gasteiger partial charge in [-0.15, -0.1) is 12.6 Å². The van der Waals surface area contributed by atoms with Crippen LogP contribution in [0.15, 0.2) is 34.9 Å². The Labute approximate surface area is 155 Å². The number of nitriles is 1. The van der Waals surface area contributed by atoms with E-state index in [-0.39, 0.29) is 11.5 Å². The molecule has 1 aliphatic heterocycles. The minimum atomic E-state index is -0.481. The van der Waals surface area contributed by atoms with Gasteiger partial charge in [-0.3, -0.25) is 4.79 Å². The zero-order valence-electron chi connectivity index (χ0n) is 14.9. The maximum absolute atomic E-state index is 12.5. The van der Waals surface area contributed by atoms with Crippen LogP contribution in [0.5, 0.6) is 0 Å². The maximum atomic E-state index is 12.5. The summed E-state index contributed by atoms with van der Waals surface area (Å²) in [5, 5.41) is 13.1. The van der Waals surface area contributed by atoms with Gasteiger partial charge in [-0.05, 0) is 49.7 Å². The topological polar surface area (TPSA) is 56.1 Å². The molecule has 0 bridgehead atoms. The van der Waals surface area contributed by atoms with Gasteiger partial charge in [0, 0.05) is 5.69 Å². The Balaban J connectivity index is 2.13. The first-order valence-electron chi connectivity index (χ1n) is 9.10. The average molecular weight is 356 g/mol. The molecule has 1 aliphatic carbocycles. The number of benzene rings is 1. The predicted molar refractivity (Wildman–Crippen MR) is 103 cm³/mol. The minimum Gasteiger partial charge on any atom is -0.328 e. The Kier molecular flexibility index (Phi) is 5.10. The van der Waals surface area contributed by atoms with E-state index in [9.17, 15) is 10.1 Å². The molecule has 5 heteroatoms. The maximum Gasteiger partial charge on any atom is 0.266 e. The van der Waals surface area contributed by atoms with E-state index in [1.165, 1.54) is 12.0 Å². The fourth-order valence-electron chi connectivity index (χ4n) is 4.13. The molecule has 1 aromatic carbocycles. The number of carbonyl (C=O) groups excluding carboxylic acids is 1. The van der Waals surface area contributed by atoms with E-state index in [1.807, 2.05) is 18.2 Å². The first kappa shape index (κ1) is 17.9. The van der Waals surface area contributed by atoms with Gasteiger partial charge >= 0.3 is 0 Å². The van der Waals surface area contributed by atoms with Crippen molar-refractivity contribution in [2.24, 2.45) is 5.92 Å². The standard InChI is InChI=1S/C20H25N3OS/c1-3-14-9-11-20(12-10-14)22-18(24)16(13-21)19(25)23(20)17-8-6-5-7-15(17)4-2/h5-8,14,25H,3-4,9-12H2,1-2H3,(H,22,24). The van der Waals surface area contributed by atoms with Crippen LogP contribution in [0.25, 0.3) is 0 Å². The van der Waals surface area contributed by atoms with Crippen LogP contribution >= 0.6 is 12.6 Å². The van der Waals surface area contributed by atoms with Crippen LogP contribution in [0.3, 0.4) is 0 Å². The van der Waals surface area contributed by atoms with Crippen LogP contribution in [-0.2, 0) is 11.2 Å². The van der Waals surface area contributed by atoms with E-state index in [0.717, 1.165) is 37.8 Å². The Morgan fingerprint density at radius 3 is 2.60 bits per heavy atom. The molecule has 132 valence electrons. The Morgan fingerprint density at radius 2 is 2.00 bits per heavy atom. The van der Waals surface area contributed by atoms with E-state index in [1.54, 1.807) is 0 Å². The van der Waals surface area contributed by atoms with E-state index in [0.29, 0.717) is 10.9 Å². The molecule has 1 spiro atoms. The van der Waals surface area contributed by atoms with Crippen molar-refractivity contribution in [1.82, 2.24) is 5.32 Å². The highest BCUT2D eigenvalue weighted by molar-refractivity contribution is 7.84. The molecule has 0 aromatic heterocycles. The van der Waals surface area contributed by atoms with Crippen molar-refractivity contribution in [2.75, 3.05) is 4.90 Å². The van der Waals surface area contributed by atoms with Crippen molar-refractivity contribution in [1.29, 1.82) is 5.26 Å². The molecule has 4 nitrogen and oxygen atoms in total. The highest BCUT2D eigenvalue weighted by Crippen LogP contribution is 2.44. The summed E-state index contributed by atoms with van der Waals surface area (Å²) in [5.41, 5.74) is 1.85. The number of nitrogens with zero attached hydrogens (tertiary/aromatic N) is 2. The van der Waals surface area contributed by atoms with Gasteiger partial charge in [-0.1, -0.05) is 38.5 Å². The molecule has 2 aliphatic rings. The molecule has 1 aromatic rings. The lowest BCUT2D eigenvalue weighted by atomic mass is 9.78. The molecule has 1 fully saturated rings. The zero-order chi connectivity index (χ0) is 18.0. The van der Waals surface area contributed by atoms with Crippen molar-refractivity contribution < 1.29 is 4.79 Å². The van der Waals surface area contributed by atoms with Crippen LogP contribution in [0.4, 0.5) is 5.69 Å². The molecule has 0 atom stereocenters. The van der Waals surface area contributed by atoms with Crippen molar-refractivity contribution in [3.63, 3.8) is 0 Å². The fraction of sp³-hybridized carbons (Fsp3) is 0.500. The molecule has 3 rings (SSSR count). The summed E-state index contributed by atoms with van der Waals surface area (Å²) in [5.74, 6) is 0.406. The summed E-state index contributed by atoms with van der Waals surface area (Å²) < 4.78 is 0. The Bertz CT molecular complexity index is 742. The number of rotatable bonds is 3. The largest absolute Gasteiger partial charge is 0.328 e. The van der Waals surface area contributed by atoms with Crippen LogP contribution in [0, 0.1) is 17.2 Å². The van der Waals surface area contributed by atoms with E-state index < -0.39 is 5.66 Å². The molecule has 25 heavy (non-hydrogen) atoms. The Morgan fingerprint density at radius 1 is 1.32 bits per heavy atom. The molecule has 1 heterocycles. The van der Waals surface area contributed by atoms with Crippen molar-refractivity contribution in [3.8, 4) is 6.07 Å². The zero-order valence-corrected chi connectivity index (χ0v) is 15.8. The van der Waals surface area contributed by atoms with Gasteiger partial charge in [0.2, 0.25) is 0 Å². The number of amides is 1. The molecule has 0 unspecified atom stereocenters. The second-order valence-electron chi connectivity index (χ2n) is 6.97. The monoisotopic (exact) mass is 355 g/mol. The molecular weight excluding hydrogens is 330 g/mol. The first-order valence-corrected chi connectivity index (χ1v) is 9.55. The lowest BCUT2D eigenvalue weighted by molar-refractivity contribution is -0.120. The van der Waals surface area contributed by atoms with E-state index in [4.69, 9.17) is 0 Å². The fourth-order valence-corrected chi connectivity index (χ4v) is 4.58. The predicted octanol–water partition coefficient (Wildman–Crippen LogP) is 4.15. The number of thiol groups is 1. The lowest BCUT2D eigenvalue weighted by Crippen LogP contribution is -2.65. The van der Waals surface area contributed by atoms with E-state index in [2.05, 4.69) is 48.8 Å². The number of hydrogen-bond donors (Lipinski definition) is 2. The van der Waals surface area contributed by atoms with Gasteiger partial charge in [-0.25, -0.2) is 0 Å². The van der Waals surface area contributed by atoms with Gasteiger partial charge in [0.05, 0.1) is 5.03 Å². The average Bonchev–Trinajstić information content (AvgIpc) is 2.63. The van der Waals surface area contributed by atoms with Crippen molar-refractivity contribution in [3.05, 3.63) is 40.4 Å². The minimum absolute atomic E-state index is 0.0949. The van der Waals surface area contributed by atoms with E-state index >= 15 is 0 Å². The second-order valence-corrected chi connectivity index (χ2v) is 7.39. The van der Waals surface area contributed by atoms with Gasteiger partial charge in [0.1, 0.15) is 17.3 Å². The molecule has 1 saturated carbocycles. The van der Waals surface area contributed by atoms with Gasteiger partial charge < -0.3 is 10.2 Å². The molecule has 1 N–H and O–H groups in total. The molecule has 1 amide bonds. The SMILES string of the molecule is CCc1ccccc1N1C(S)=C(C#N)C(=O)NC12CCC(CC)CC2.